The molecular formula is C105H105N45. The van der Waals surface area contributed by atoms with Crippen molar-refractivity contribution in [2.24, 2.45) is 0 Å². The van der Waals surface area contributed by atoms with Crippen LogP contribution in [0, 0.1) is 104 Å². The molecule has 0 aliphatic carbocycles. The van der Waals surface area contributed by atoms with Gasteiger partial charge >= 0.3 is 0 Å². The van der Waals surface area contributed by atoms with Crippen LogP contribution in [-0.4, -0.2) is 226 Å². The van der Waals surface area contributed by atoms with Gasteiger partial charge in [0, 0.05) is 123 Å². The Labute approximate surface area is 853 Å². The maximum Gasteiger partial charge on any atom is 0.177 e. The zero-order chi connectivity index (χ0) is 105. The van der Waals surface area contributed by atoms with Gasteiger partial charge in [-0.3, -0.25) is 65.5 Å². The van der Waals surface area contributed by atoms with Crippen molar-refractivity contribution in [3.8, 4) is 0 Å². The first kappa shape index (κ1) is 102. The summed E-state index contributed by atoms with van der Waals surface area (Å²) in [5.74, 6) is 0. The van der Waals surface area contributed by atoms with Gasteiger partial charge in [0.05, 0.1) is 219 Å². The average molecular weight is 2000 g/mol. The minimum Gasteiger partial charge on any atom is -0.344 e. The maximum atomic E-state index is 4.24. The second-order valence-electron chi connectivity index (χ2n) is 33.8. The fourth-order valence-electron chi connectivity index (χ4n) is 14.4. The topological polar surface area (TPSA) is 624 Å². The molecule has 0 unspecified atom stereocenters. The first-order chi connectivity index (χ1) is 73.0. The smallest absolute Gasteiger partial charge is 0.177 e. The predicted molar refractivity (Wildman–Crippen MR) is 579 cm³/mol. The molecule has 45 nitrogen and oxygen atoms in total. The molecule has 0 aromatic carbocycles. The summed E-state index contributed by atoms with van der Waals surface area (Å²) in [4.78, 5) is 125. The third-order valence-electron chi connectivity index (χ3n) is 22.1. The molecule has 0 aliphatic heterocycles. The Morgan fingerprint density at radius 3 is 1.27 bits per heavy atom. The molecule has 45 heteroatoms. The molecule has 0 saturated heterocycles. The highest BCUT2D eigenvalue weighted by atomic mass is 15.2. The minimum atomic E-state index is 0.783. The van der Waals surface area contributed by atoms with Crippen molar-refractivity contribution in [3.05, 3.63) is 362 Å². The summed E-state index contributed by atoms with van der Waals surface area (Å²) in [6.07, 6.45) is 50.7. The molecule has 0 bridgehead atoms. The molecule has 15 N–H and O–H groups in total. The third-order valence-corrected chi connectivity index (χ3v) is 22.1. The second kappa shape index (κ2) is 49.8. The molecule has 0 aliphatic rings. The van der Waals surface area contributed by atoms with E-state index < -0.39 is 0 Å². The lowest BCUT2D eigenvalue weighted by Gasteiger charge is -1.90. The number of nitrogens with one attached hydrogen (secondary N) is 15. The van der Waals surface area contributed by atoms with Crippen LogP contribution in [0.2, 0.25) is 0 Å². The van der Waals surface area contributed by atoms with Gasteiger partial charge in [-0.2, -0.15) is 30.6 Å². The average Bonchev–Trinajstić information content (AvgIpc) is 1.70. The Morgan fingerprint density at radius 1 is 0.193 bits per heavy atom. The molecule has 0 radical (unpaired) electrons. The van der Waals surface area contributed by atoms with Crippen LogP contribution in [0.1, 0.15) is 84.5 Å². The standard InChI is InChI=1S/15C7H7N3/c1-5-2-8-3-6-7(5)10-4-9-6;1-5-2-8-4-7-6(5)3-9-10-7;2*1-5-2-6-7(3-8-5)10-4-9-6;1-5-2-6-3-9-10-7(6)4-8-5;2*1-5-2-6-7(8-3-5)10-4-9-6;1-5-2-6-4-9-10-7(6)8-3-5;1-5-6-4-9-10-7(6)2-3-8-5;1-5-7-6(2-3-8-5)9-4-10-7;1-5-2-3-8-7-6(5)9-4-10-7;1-5-2-3-8-7-6(5)4-9-10-7;2*1-5-2-3-6-7(10-5)9-4-8-6;1-5-2-3-6-7(9-5)4-8-10-6/h5*2-4H,1H3,(H,9,10);3*2-4H,1H3,(H,8,9,10);2*2-4H,1H3,(H,9,10);4*2-4H,1H3,(H,8,9,10);2-4H,1H3,(H,8,10). The molecule has 0 atom stereocenters. The maximum absolute atomic E-state index is 4.24. The summed E-state index contributed by atoms with van der Waals surface area (Å²) in [6.45, 7) is 29.8. The predicted octanol–water partition coefficient (Wildman–Crippen LogP) is 19.0. The summed E-state index contributed by atoms with van der Waals surface area (Å²) in [7, 11) is 0. The molecule has 0 fully saturated rings. The van der Waals surface area contributed by atoms with Gasteiger partial charge in [-0.25, -0.2) is 84.7 Å². The van der Waals surface area contributed by atoms with E-state index in [9.17, 15) is 0 Å². The van der Waals surface area contributed by atoms with E-state index in [-0.39, 0.29) is 0 Å². The number of aromatic amines is 15. The molecule has 0 saturated carbocycles. The number of rotatable bonds is 0. The van der Waals surface area contributed by atoms with Crippen LogP contribution in [0.3, 0.4) is 0 Å². The van der Waals surface area contributed by atoms with Crippen molar-refractivity contribution in [2.75, 3.05) is 0 Å². The fraction of sp³-hybridized carbons (Fsp3) is 0.143. The van der Waals surface area contributed by atoms with Crippen LogP contribution in [0.5, 0.6) is 0 Å². The monoisotopic (exact) mass is 2000 g/mol. The van der Waals surface area contributed by atoms with Crippen molar-refractivity contribution < 1.29 is 0 Å². The number of aromatic nitrogens is 45. The van der Waals surface area contributed by atoms with Crippen molar-refractivity contribution in [3.63, 3.8) is 0 Å². The van der Waals surface area contributed by atoms with Crippen LogP contribution < -0.4 is 0 Å². The lowest BCUT2D eigenvalue weighted by molar-refractivity contribution is 1.10. The normalized spacial score (nSPS) is 10.5. The molecule has 0 spiro atoms. The van der Waals surface area contributed by atoms with Crippen molar-refractivity contribution in [1.29, 1.82) is 0 Å². The highest BCUT2D eigenvalue weighted by Gasteiger charge is 2.07. The van der Waals surface area contributed by atoms with E-state index in [1.165, 1.54) is 11.1 Å². The second-order valence-corrected chi connectivity index (χ2v) is 33.8. The van der Waals surface area contributed by atoms with Crippen LogP contribution in [0.4, 0.5) is 0 Å². The quantitative estimate of drug-likeness (QED) is 0.0670. The Bertz CT molecular complexity index is 7880. The number of imidazole rings is 9. The Balaban J connectivity index is 0.000000114. The summed E-state index contributed by atoms with van der Waals surface area (Å²) in [5, 5.41) is 45.8. The molecule has 750 valence electrons. The molecule has 0 amide bonds. The molecule has 30 aromatic heterocycles. The van der Waals surface area contributed by atoms with Crippen molar-refractivity contribution >= 4 is 166 Å². The molecule has 30 heterocycles. The largest absolute Gasteiger partial charge is 0.344 e. The number of hydrogen-bond acceptors (Lipinski definition) is 30. The van der Waals surface area contributed by atoms with E-state index in [1.54, 1.807) is 144 Å². The highest BCUT2D eigenvalue weighted by Crippen LogP contribution is 2.20. The van der Waals surface area contributed by atoms with Gasteiger partial charge in [-0.1, -0.05) is 0 Å². The number of H-pyrrole nitrogens is 15. The Morgan fingerprint density at radius 2 is 0.640 bits per heavy atom. The van der Waals surface area contributed by atoms with Gasteiger partial charge in [-0.15, -0.1) is 0 Å². The number of fused-ring (bicyclic) bond motifs is 15. The van der Waals surface area contributed by atoms with Gasteiger partial charge in [0.1, 0.15) is 11.0 Å². The van der Waals surface area contributed by atoms with E-state index in [0.717, 1.165) is 239 Å². The summed E-state index contributed by atoms with van der Waals surface area (Å²) >= 11 is 0. The molecule has 150 heavy (non-hydrogen) atoms. The lowest BCUT2D eigenvalue weighted by Crippen LogP contribution is -1.80. The SMILES string of the molecule is Cc1cc2cn[nH]c2cn1.Cc1cc2nc[nH]c2cn1.Cc1cc2nc[nH]c2cn1.Cc1ccc2[nH]cnc2n1.Cc1ccc2[nH]cnc2n1.Cc1ccc2[nH]ncc2n1.Cc1ccnc2[nH]ncc12.Cc1ccnc2nc[nH]c12.Cc1cnc2[nH]ncc2c1.Cc1cnc2nc[nH]c2c1.Cc1cnc2nc[nH]c2c1.Cc1cncc2[nH]cnc12.Cc1cncc2[nH]ncc12.Cc1nccc2[nH]cnc12.Cc1nccc2[nH]ncc12. The van der Waals surface area contributed by atoms with E-state index in [1.807, 2.05) is 238 Å². The zero-order valence-corrected chi connectivity index (χ0v) is 84.4. The molecular weight excluding hydrogens is 1890 g/mol. The minimum absolute atomic E-state index is 0.783. The van der Waals surface area contributed by atoms with E-state index in [2.05, 4.69) is 226 Å². The first-order valence-corrected chi connectivity index (χ1v) is 46.8. The van der Waals surface area contributed by atoms with E-state index in [4.69, 9.17) is 0 Å². The van der Waals surface area contributed by atoms with Crippen LogP contribution in [0.25, 0.3) is 166 Å². The van der Waals surface area contributed by atoms with Gasteiger partial charge in [-0.05, 0) is 240 Å². The zero-order valence-electron chi connectivity index (χ0n) is 84.4. The van der Waals surface area contributed by atoms with Crippen LogP contribution in [0.15, 0.2) is 278 Å². The fourth-order valence-corrected chi connectivity index (χ4v) is 14.4. The number of hydrogen-bond donors (Lipinski definition) is 15. The van der Waals surface area contributed by atoms with Crippen LogP contribution in [-0.2, 0) is 0 Å². The molecule has 30 rings (SSSR count). The van der Waals surface area contributed by atoms with Crippen molar-refractivity contribution in [1.82, 2.24) is 226 Å². The third kappa shape index (κ3) is 27.8. The summed E-state index contributed by atoms with van der Waals surface area (Å²) in [6, 6.07) is 31.6. The van der Waals surface area contributed by atoms with E-state index >= 15 is 0 Å². The van der Waals surface area contributed by atoms with Crippen LogP contribution >= 0.6 is 0 Å². The van der Waals surface area contributed by atoms with Gasteiger partial charge < -0.3 is 44.9 Å². The van der Waals surface area contributed by atoms with Gasteiger partial charge in [0.15, 0.2) is 39.5 Å². The number of pyridine rings is 15. The Kier molecular flexibility index (Phi) is 33.9. The summed E-state index contributed by atoms with van der Waals surface area (Å²) in [5.41, 5.74) is 39.7. The number of aryl methyl sites for hydroxylation is 15. The summed E-state index contributed by atoms with van der Waals surface area (Å²) < 4.78 is 0. The Hall–Kier alpha value is -20.7. The lowest BCUT2D eigenvalue weighted by atomic mass is 10.2. The van der Waals surface area contributed by atoms with Crippen molar-refractivity contribution in [2.45, 2.75) is 104 Å². The number of nitrogens with zero attached hydrogens (tertiary/aromatic N) is 30. The molecule has 30 aromatic rings. The van der Waals surface area contributed by atoms with Gasteiger partial charge in [0.25, 0.3) is 0 Å². The van der Waals surface area contributed by atoms with Gasteiger partial charge in [0.2, 0.25) is 0 Å². The van der Waals surface area contributed by atoms with E-state index in [0.29, 0.717) is 0 Å². The highest BCUT2D eigenvalue weighted by molar-refractivity contribution is 5.84. The first-order valence-electron chi connectivity index (χ1n) is 46.8.